The Morgan fingerprint density at radius 3 is 2.53 bits per heavy atom. The molecule has 0 radical (unpaired) electrons. The van der Waals surface area contributed by atoms with E-state index >= 15 is 0 Å². The fraction of sp³-hybridized carbons (Fsp3) is 0.222. The van der Waals surface area contributed by atoms with Crippen LogP contribution in [0.4, 0.5) is 21.9 Å². The van der Waals surface area contributed by atoms with E-state index in [0.717, 1.165) is 11.1 Å². The Labute approximate surface area is 208 Å². The highest BCUT2D eigenvalue weighted by atomic mass is 16.5. The number of nitrogen functional groups attached to an aromatic ring is 1. The number of aromatic nitrogens is 2. The summed E-state index contributed by atoms with van der Waals surface area (Å²) in [5.74, 6) is 0.585. The summed E-state index contributed by atoms with van der Waals surface area (Å²) >= 11 is 0. The van der Waals surface area contributed by atoms with Crippen LogP contribution in [0, 0.1) is 13.8 Å². The van der Waals surface area contributed by atoms with E-state index in [1.54, 1.807) is 43.6 Å². The smallest absolute Gasteiger partial charge is 0.323 e. The zero-order valence-electron chi connectivity index (χ0n) is 20.5. The SMILES string of the molecule is Cc1cc(N)cc(C)c1NC(=O)Nc1c(-c2cccc(OCCCO)c2)c2cccnc2n(C)c1=O. The van der Waals surface area contributed by atoms with Crippen molar-refractivity contribution < 1.29 is 14.6 Å². The molecule has 0 aliphatic rings. The minimum atomic E-state index is -0.553. The van der Waals surface area contributed by atoms with Crippen LogP contribution in [-0.4, -0.2) is 33.9 Å². The van der Waals surface area contributed by atoms with Crippen molar-refractivity contribution in [1.82, 2.24) is 9.55 Å². The number of hydrogen-bond donors (Lipinski definition) is 4. The number of carbonyl (C=O) groups excluding carboxylic acids is 1. The van der Waals surface area contributed by atoms with Crippen molar-refractivity contribution in [1.29, 1.82) is 0 Å². The molecule has 5 N–H and O–H groups in total. The van der Waals surface area contributed by atoms with E-state index in [9.17, 15) is 9.59 Å². The molecule has 0 saturated carbocycles. The van der Waals surface area contributed by atoms with Crippen molar-refractivity contribution >= 4 is 34.1 Å². The summed E-state index contributed by atoms with van der Waals surface area (Å²) in [5, 5.41) is 15.4. The summed E-state index contributed by atoms with van der Waals surface area (Å²) in [6.07, 6.45) is 2.12. The highest BCUT2D eigenvalue weighted by Crippen LogP contribution is 2.34. The van der Waals surface area contributed by atoms with Gasteiger partial charge in [-0.15, -0.1) is 0 Å². The monoisotopic (exact) mass is 487 g/mol. The molecule has 0 saturated heterocycles. The molecule has 186 valence electrons. The van der Waals surface area contributed by atoms with Crippen molar-refractivity contribution in [2.75, 3.05) is 29.6 Å². The average Bonchev–Trinajstić information content (AvgIpc) is 2.85. The van der Waals surface area contributed by atoms with Gasteiger partial charge in [-0.3, -0.25) is 9.36 Å². The molecule has 36 heavy (non-hydrogen) atoms. The fourth-order valence-corrected chi connectivity index (χ4v) is 4.23. The van der Waals surface area contributed by atoms with Crippen molar-refractivity contribution in [3.05, 3.63) is 76.2 Å². The second-order valence-corrected chi connectivity index (χ2v) is 8.55. The molecule has 9 nitrogen and oxygen atoms in total. The second-order valence-electron chi connectivity index (χ2n) is 8.55. The number of nitrogens with zero attached hydrogens (tertiary/aromatic N) is 2. The van der Waals surface area contributed by atoms with Crippen LogP contribution in [0.15, 0.2) is 59.5 Å². The van der Waals surface area contributed by atoms with E-state index in [1.807, 2.05) is 32.0 Å². The predicted octanol–water partition coefficient (Wildman–Crippen LogP) is 4.20. The molecule has 0 bridgehead atoms. The quantitative estimate of drug-likeness (QED) is 0.228. The van der Waals surface area contributed by atoms with Gasteiger partial charge in [0, 0.05) is 48.6 Å². The van der Waals surface area contributed by atoms with Crippen molar-refractivity contribution in [3.8, 4) is 16.9 Å². The highest BCUT2D eigenvalue weighted by Gasteiger charge is 2.20. The first-order chi connectivity index (χ1) is 17.3. The largest absolute Gasteiger partial charge is 0.493 e. The molecular formula is C27H29N5O4. The van der Waals surface area contributed by atoms with E-state index in [1.165, 1.54) is 4.57 Å². The van der Waals surface area contributed by atoms with E-state index in [4.69, 9.17) is 15.6 Å². The fourth-order valence-electron chi connectivity index (χ4n) is 4.23. The molecule has 4 aromatic rings. The first-order valence-corrected chi connectivity index (χ1v) is 11.6. The van der Waals surface area contributed by atoms with E-state index in [-0.39, 0.29) is 12.3 Å². The zero-order valence-corrected chi connectivity index (χ0v) is 20.5. The summed E-state index contributed by atoms with van der Waals surface area (Å²) < 4.78 is 7.15. The number of aliphatic hydroxyl groups is 1. The molecule has 2 amide bonds. The number of anilines is 3. The van der Waals surface area contributed by atoms with Gasteiger partial charge in [0.15, 0.2) is 0 Å². The summed E-state index contributed by atoms with van der Waals surface area (Å²) in [7, 11) is 1.62. The Balaban J connectivity index is 1.80. The van der Waals surface area contributed by atoms with Gasteiger partial charge in [0.05, 0.1) is 6.61 Å². The molecule has 0 aliphatic carbocycles. The summed E-state index contributed by atoms with van der Waals surface area (Å²) in [6.45, 7) is 4.09. The highest BCUT2D eigenvalue weighted by molar-refractivity contribution is 6.07. The van der Waals surface area contributed by atoms with Gasteiger partial charge >= 0.3 is 6.03 Å². The van der Waals surface area contributed by atoms with Crippen LogP contribution < -0.4 is 26.7 Å². The number of benzene rings is 2. The van der Waals surface area contributed by atoms with Crippen molar-refractivity contribution in [2.45, 2.75) is 20.3 Å². The third-order valence-corrected chi connectivity index (χ3v) is 5.87. The van der Waals surface area contributed by atoms with E-state index in [0.29, 0.717) is 52.3 Å². The number of nitrogens with one attached hydrogen (secondary N) is 2. The van der Waals surface area contributed by atoms with Crippen LogP contribution in [0.5, 0.6) is 5.75 Å². The van der Waals surface area contributed by atoms with Gasteiger partial charge in [-0.25, -0.2) is 9.78 Å². The topological polar surface area (TPSA) is 132 Å². The molecular weight excluding hydrogens is 458 g/mol. The van der Waals surface area contributed by atoms with Crippen LogP contribution in [0.3, 0.4) is 0 Å². The Morgan fingerprint density at radius 1 is 1.08 bits per heavy atom. The lowest BCUT2D eigenvalue weighted by Gasteiger charge is -2.18. The maximum atomic E-state index is 13.4. The molecule has 2 aromatic carbocycles. The standard InChI is InChI=1S/C27H29N5O4/c1-16-13-19(28)14-17(2)23(16)30-27(35)31-24-22(18-7-4-8-20(15-18)36-12-6-11-33)21-9-5-10-29-25(21)32(3)26(24)34/h4-5,7-10,13-15,33H,6,11-12,28H2,1-3H3,(H2,30,31,35). The van der Waals surface area contributed by atoms with E-state index in [2.05, 4.69) is 15.6 Å². The van der Waals surface area contributed by atoms with Crippen LogP contribution in [0.1, 0.15) is 17.5 Å². The molecule has 2 heterocycles. The Morgan fingerprint density at radius 2 is 1.81 bits per heavy atom. The first-order valence-electron chi connectivity index (χ1n) is 11.6. The lowest BCUT2D eigenvalue weighted by atomic mass is 10.00. The van der Waals surface area contributed by atoms with Crippen molar-refractivity contribution in [2.24, 2.45) is 7.05 Å². The van der Waals surface area contributed by atoms with Gasteiger partial charge in [0.25, 0.3) is 5.56 Å². The van der Waals surface area contributed by atoms with Crippen molar-refractivity contribution in [3.63, 3.8) is 0 Å². The number of nitrogens with two attached hydrogens (primary N) is 1. The molecule has 0 atom stereocenters. The number of aliphatic hydroxyl groups excluding tert-OH is 1. The minimum absolute atomic E-state index is 0.0286. The van der Waals surface area contributed by atoms with Gasteiger partial charge in [-0.05, 0) is 66.9 Å². The molecule has 0 unspecified atom stereocenters. The number of ether oxygens (including phenoxy) is 1. The van der Waals surface area contributed by atoms with Gasteiger partial charge in [-0.2, -0.15) is 0 Å². The molecule has 0 spiro atoms. The number of rotatable bonds is 7. The third-order valence-electron chi connectivity index (χ3n) is 5.87. The summed E-state index contributed by atoms with van der Waals surface area (Å²) in [4.78, 5) is 31.0. The summed E-state index contributed by atoms with van der Waals surface area (Å²) in [6, 6.07) is 13.9. The Kier molecular flexibility index (Phi) is 7.21. The lowest BCUT2D eigenvalue weighted by molar-refractivity contribution is 0.233. The minimum Gasteiger partial charge on any atom is -0.493 e. The van der Waals surface area contributed by atoms with Crippen LogP contribution in [0.2, 0.25) is 0 Å². The molecule has 2 aromatic heterocycles. The number of carbonyl (C=O) groups is 1. The number of pyridine rings is 2. The van der Waals surface area contributed by atoms with Crippen LogP contribution >= 0.6 is 0 Å². The van der Waals surface area contributed by atoms with Gasteiger partial charge in [0.1, 0.15) is 17.1 Å². The van der Waals surface area contributed by atoms with Gasteiger partial charge in [-0.1, -0.05) is 12.1 Å². The normalized spacial score (nSPS) is 10.9. The number of fused-ring (bicyclic) bond motifs is 1. The molecule has 9 heteroatoms. The average molecular weight is 488 g/mol. The third kappa shape index (κ3) is 5.01. The number of urea groups is 1. The second kappa shape index (κ2) is 10.5. The van der Waals surface area contributed by atoms with E-state index < -0.39 is 11.6 Å². The van der Waals surface area contributed by atoms with Crippen LogP contribution in [0.25, 0.3) is 22.2 Å². The van der Waals surface area contributed by atoms with Gasteiger partial charge in [0.2, 0.25) is 0 Å². The molecule has 0 fully saturated rings. The molecule has 4 rings (SSSR count). The number of aryl methyl sites for hydroxylation is 3. The maximum absolute atomic E-state index is 13.4. The Bertz CT molecular complexity index is 1470. The maximum Gasteiger partial charge on any atom is 0.323 e. The lowest BCUT2D eigenvalue weighted by Crippen LogP contribution is -2.29. The first kappa shape index (κ1) is 24.7. The number of amides is 2. The van der Waals surface area contributed by atoms with Gasteiger partial charge < -0.3 is 26.2 Å². The molecule has 0 aliphatic heterocycles. The predicted molar refractivity (Wildman–Crippen MR) is 143 cm³/mol. The number of hydrogen-bond acceptors (Lipinski definition) is 6. The van der Waals surface area contributed by atoms with Crippen LogP contribution in [-0.2, 0) is 7.05 Å². The zero-order chi connectivity index (χ0) is 25.8. The Hall–Kier alpha value is -4.37. The summed E-state index contributed by atoms with van der Waals surface area (Å²) in [5.41, 5.74) is 10.2.